The molecule has 0 aromatic heterocycles. The molecular formula is C15H18F4N2O2. The third kappa shape index (κ3) is 6.05. The van der Waals surface area contributed by atoms with Gasteiger partial charge in [-0.3, -0.25) is 0 Å². The molecule has 1 aromatic rings. The van der Waals surface area contributed by atoms with Crippen LogP contribution in [-0.4, -0.2) is 42.9 Å². The molecular weight excluding hydrogens is 316 g/mol. The lowest BCUT2D eigenvalue weighted by molar-refractivity contribution is -0.123. The monoisotopic (exact) mass is 334 g/mol. The van der Waals surface area contributed by atoms with Gasteiger partial charge in [-0.15, -0.1) is 0 Å². The molecule has 2 rings (SSSR count). The lowest BCUT2D eigenvalue weighted by Crippen LogP contribution is -2.46. The number of benzene rings is 1. The summed E-state index contributed by atoms with van der Waals surface area (Å²) in [6, 6.07) is 4.77. The summed E-state index contributed by atoms with van der Waals surface area (Å²) in [7, 11) is 0. The molecule has 0 bridgehead atoms. The standard InChI is InChI=1S/C15H18F4N2O2/c16-12-4-1-3-11(7-12)8-21(9-13-5-2-6-23-13)14(22)20-10-15(17,18)19/h1,3-4,7,13H,2,5-6,8-10H2,(H,20,22)/t13-/m0/s1. The third-order valence-corrected chi connectivity index (χ3v) is 3.44. The Morgan fingerprint density at radius 3 is 2.78 bits per heavy atom. The highest BCUT2D eigenvalue weighted by Crippen LogP contribution is 2.17. The molecule has 1 aromatic carbocycles. The first-order valence-corrected chi connectivity index (χ1v) is 7.29. The molecule has 1 saturated heterocycles. The molecule has 23 heavy (non-hydrogen) atoms. The number of ether oxygens (including phenoxy) is 1. The summed E-state index contributed by atoms with van der Waals surface area (Å²) in [6.45, 7) is -0.652. The molecule has 1 fully saturated rings. The number of rotatable bonds is 5. The first kappa shape index (κ1) is 17.5. The molecule has 128 valence electrons. The number of nitrogens with one attached hydrogen (secondary N) is 1. The SMILES string of the molecule is O=C(NCC(F)(F)F)N(Cc1cccc(F)c1)C[C@@H]1CCCO1. The number of urea groups is 1. The molecule has 1 aliphatic heterocycles. The number of hydrogen-bond acceptors (Lipinski definition) is 2. The van der Waals surface area contributed by atoms with E-state index in [0.29, 0.717) is 12.2 Å². The van der Waals surface area contributed by atoms with Crippen molar-refractivity contribution in [3.05, 3.63) is 35.6 Å². The average molecular weight is 334 g/mol. The summed E-state index contributed by atoms with van der Waals surface area (Å²) in [5.41, 5.74) is 0.505. The van der Waals surface area contributed by atoms with E-state index in [4.69, 9.17) is 4.74 Å². The van der Waals surface area contributed by atoms with Crippen LogP contribution in [0.15, 0.2) is 24.3 Å². The van der Waals surface area contributed by atoms with E-state index in [2.05, 4.69) is 0 Å². The molecule has 0 aliphatic carbocycles. The van der Waals surface area contributed by atoms with Crippen LogP contribution in [0.4, 0.5) is 22.4 Å². The zero-order valence-electron chi connectivity index (χ0n) is 12.4. The van der Waals surface area contributed by atoms with Gasteiger partial charge in [-0.1, -0.05) is 12.1 Å². The van der Waals surface area contributed by atoms with Crippen LogP contribution in [0.3, 0.4) is 0 Å². The van der Waals surface area contributed by atoms with Gasteiger partial charge in [-0.25, -0.2) is 9.18 Å². The van der Waals surface area contributed by atoms with Crippen LogP contribution in [0.25, 0.3) is 0 Å². The van der Waals surface area contributed by atoms with Crippen LogP contribution in [0, 0.1) is 5.82 Å². The van der Waals surface area contributed by atoms with E-state index in [0.717, 1.165) is 12.8 Å². The summed E-state index contributed by atoms with van der Waals surface area (Å²) in [5, 5.41) is 1.84. The van der Waals surface area contributed by atoms with Gasteiger partial charge in [0.05, 0.1) is 6.10 Å². The van der Waals surface area contributed by atoms with E-state index in [9.17, 15) is 22.4 Å². The summed E-state index contributed by atoms with van der Waals surface area (Å²) in [6.07, 6.45) is -3.10. The first-order chi connectivity index (χ1) is 10.8. The first-order valence-electron chi connectivity index (χ1n) is 7.29. The number of amides is 2. The number of nitrogens with zero attached hydrogens (tertiary/aromatic N) is 1. The smallest absolute Gasteiger partial charge is 0.376 e. The number of alkyl halides is 3. The fourth-order valence-electron chi connectivity index (χ4n) is 2.40. The fourth-order valence-corrected chi connectivity index (χ4v) is 2.40. The van der Waals surface area contributed by atoms with Crippen molar-refractivity contribution in [2.24, 2.45) is 0 Å². The number of hydrogen-bond donors (Lipinski definition) is 1. The zero-order valence-corrected chi connectivity index (χ0v) is 12.4. The molecule has 0 saturated carbocycles. The second-order valence-electron chi connectivity index (χ2n) is 5.42. The lowest BCUT2D eigenvalue weighted by atomic mass is 10.2. The van der Waals surface area contributed by atoms with E-state index < -0.39 is 24.6 Å². The summed E-state index contributed by atoms with van der Waals surface area (Å²) in [4.78, 5) is 13.3. The Morgan fingerprint density at radius 2 is 2.17 bits per heavy atom. The maximum absolute atomic E-state index is 13.2. The van der Waals surface area contributed by atoms with Crippen LogP contribution in [0.1, 0.15) is 18.4 Å². The van der Waals surface area contributed by atoms with E-state index in [1.165, 1.54) is 23.1 Å². The molecule has 0 radical (unpaired) electrons. The van der Waals surface area contributed by atoms with Crippen molar-refractivity contribution in [1.29, 1.82) is 0 Å². The van der Waals surface area contributed by atoms with E-state index in [1.54, 1.807) is 6.07 Å². The van der Waals surface area contributed by atoms with Crippen molar-refractivity contribution in [3.8, 4) is 0 Å². The van der Waals surface area contributed by atoms with Crippen LogP contribution in [0.5, 0.6) is 0 Å². The predicted octanol–water partition coefficient (Wildman–Crippen LogP) is 3.08. The Bertz CT molecular complexity index is 530. The van der Waals surface area contributed by atoms with Gasteiger partial charge < -0.3 is 15.0 Å². The van der Waals surface area contributed by atoms with Gasteiger partial charge in [-0.2, -0.15) is 13.2 Å². The molecule has 0 unspecified atom stereocenters. The lowest BCUT2D eigenvalue weighted by Gasteiger charge is -2.26. The van der Waals surface area contributed by atoms with Gasteiger partial charge in [0.1, 0.15) is 12.4 Å². The van der Waals surface area contributed by atoms with E-state index in [-0.39, 0.29) is 19.2 Å². The van der Waals surface area contributed by atoms with Crippen molar-refractivity contribution >= 4 is 6.03 Å². The predicted molar refractivity (Wildman–Crippen MR) is 75.2 cm³/mol. The minimum Gasteiger partial charge on any atom is -0.376 e. The summed E-state index contributed by atoms with van der Waals surface area (Å²) in [5.74, 6) is -0.463. The highest BCUT2D eigenvalue weighted by Gasteiger charge is 2.30. The maximum atomic E-state index is 13.2. The van der Waals surface area contributed by atoms with Crippen LogP contribution >= 0.6 is 0 Å². The second kappa shape index (κ2) is 7.63. The van der Waals surface area contributed by atoms with Crippen molar-refractivity contribution < 1.29 is 27.1 Å². The number of carbonyl (C=O) groups is 1. The molecule has 1 aliphatic rings. The minimum atomic E-state index is -4.48. The molecule has 1 atom stereocenters. The van der Waals surface area contributed by atoms with Crippen molar-refractivity contribution in [2.75, 3.05) is 19.7 Å². The van der Waals surface area contributed by atoms with Crippen molar-refractivity contribution in [3.63, 3.8) is 0 Å². The Hall–Kier alpha value is -1.83. The quantitative estimate of drug-likeness (QED) is 0.841. The molecule has 4 nitrogen and oxygen atoms in total. The van der Waals surface area contributed by atoms with E-state index in [1.807, 2.05) is 5.32 Å². The molecule has 1 heterocycles. The van der Waals surface area contributed by atoms with Gasteiger partial charge in [0, 0.05) is 19.7 Å². The maximum Gasteiger partial charge on any atom is 0.405 e. The van der Waals surface area contributed by atoms with Gasteiger partial charge in [0.25, 0.3) is 0 Å². The van der Waals surface area contributed by atoms with Gasteiger partial charge in [0.2, 0.25) is 0 Å². The normalized spacial score (nSPS) is 18.0. The average Bonchev–Trinajstić information content (AvgIpc) is 2.96. The Balaban J connectivity index is 2.02. The third-order valence-electron chi connectivity index (χ3n) is 3.44. The molecule has 1 N–H and O–H groups in total. The largest absolute Gasteiger partial charge is 0.405 e. The molecule has 0 spiro atoms. The fraction of sp³-hybridized carbons (Fsp3) is 0.533. The summed E-state index contributed by atoms with van der Waals surface area (Å²) >= 11 is 0. The van der Waals surface area contributed by atoms with Gasteiger partial charge >= 0.3 is 12.2 Å². The zero-order chi connectivity index (χ0) is 16.9. The highest BCUT2D eigenvalue weighted by molar-refractivity contribution is 5.74. The van der Waals surface area contributed by atoms with E-state index >= 15 is 0 Å². The minimum absolute atomic E-state index is 0.0152. The highest BCUT2D eigenvalue weighted by atomic mass is 19.4. The Labute approximate surface area is 131 Å². The van der Waals surface area contributed by atoms with Crippen LogP contribution in [-0.2, 0) is 11.3 Å². The van der Waals surface area contributed by atoms with Gasteiger partial charge in [-0.05, 0) is 30.5 Å². The molecule has 2 amide bonds. The Kier molecular flexibility index (Phi) is 5.81. The van der Waals surface area contributed by atoms with Crippen molar-refractivity contribution in [1.82, 2.24) is 10.2 Å². The topological polar surface area (TPSA) is 41.6 Å². The van der Waals surface area contributed by atoms with Crippen LogP contribution in [0.2, 0.25) is 0 Å². The van der Waals surface area contributed by atoms with Crippen LogP contribution < -0.4 is 5.32 Å². The Morgan fingerprint density at radius 1 is 1.39 bits per heavy atom. The van der Waals surface area contributed by atoms with Gasteiger partial charge in [0.15, 0.2) is 0 Å². The number of halogens is 4. The summed E-state index contributed by atoms with van der Waals surface area (Å²) < 4.78 is 55.4. The van der Waals surface area contributed by atoms with Crippen molar-refractivity contribution in [2.45, 2.75) is 31.7 Å². The molecule has 8 heteroatoms. The number of carbonyl (C=O) groups excluding carboxylic acids is 1. The second-order valence-corrected chi connectivity index (χ2v) is 5.42.